The molecule has 0 radical (unpaired) electrons. The molecule has 0 saturated carbocycles. The van der Waals surface area contributed by atoms with Crippen LogP contribution < -0.4 is 11.3 Å². The van der Waals surface area contributed by atoms with Gasteiger partial charge < -0.3 is 0 Å². The number of nitrogens with two attached hydrogens (primary N) is 1. The van der Waals surface area contributed by atoms with Gasteiger partial charge in [0.05, 0.1) is 5.51 Å². The first kappa shape index (κ1) is 7.46. The van der Waals surface area contributed by atoms with Gasteiger partial charge in [-0.25, -0.2) is 10.8 Å². The topological polar surface area (TPSA) is 68.0 Å². The van der Waals surface area contributed by atoms with Crippen LogP contribution in [0.2, 0.25) is 5.15 Å². The molecule has 10 heavy (non-hydrogen) atoms. The summed E-state index contributed by atoms with van der Waals surface area (Å²) in [6.45, 7) is 0. The zero-order valence-electron chi connectivity index (χ0n) is 4.80. The molecular formula is C4H4ClN3OS. The van der Waals surface area contributed by atoms with Crippen LogP contribution in [-0.2, 0) is 0 Å². The highest BCUT2D eigenvalue weighted by molar-refractivity contribution is 7.12. The number of carbonyl (C=O) groups is 1. The molecule has 54 valence electrons. The van der Waals surface area contributed by atoms with Crippen LogP contribution >= 0.6 is 22.9 Å². The standard InChI is InChI=1S/C4H4ClN3OS/c5-3-2(4(9)8-6)10-1-7-3/h1H,6H2,(H,8,9). The minimum absolute atomic E-state index is 0.188. The largest absolute Gasteiger partial charge is 0.289 e. The lowest BCUT2D eigenvalue weighted by Crippen LogP contribution is -2.29. The van der Waals surface area contributed by atoms with Crippen LogP contribution in [0.5, 0.6) is 0 Å². The normalized spacial score (nSPS) is 9.40. The summed E-state index contributed by atoms with van der Waals surface area (Å²) in [6.07, 6.45) is 0. The molecule has 1 amide bonds. The lowest BCUT2D eigenvalue weighted by molar-refractivity contribution is 0.0957. The van der Waals surface area contributed by atoms with Crippen molar-refractivity contribution in [1.82, 2.24) is 10.4 Å². The van der Waals surface area contributed by atoms with E-state index in [9.17, 15) is 4.79 Å². The second-order valence-electron chi connectivity index (χ2n) is 1.45. The van der Waals surface area contributed by atoms with Crippen LogP contribution in [-0.4, -0.2) is 10.9 Å². The maximum atomic E-state index is 10.7. The molecule has 0 atom stereocenters. The Morgan fingerprint density at radius 2 is 2.60 bits per heavy atom. The Hall–Kier alpha value is -0.650. The fourth-order valence-corrected chi connectivity index (χ4v) is 1.35. The Balaban J connectivity index is 2.93. The molecule has 0 spiro atoms. The first-order chi connectivity index (χ1) is 4.75. The number of nitrogens with zero attached hydrogens (tertiary/aromatic N) is 1. The highest BCUT2D eigenvalue weighted by Crippen LogP contribution is 2.17. The van der Waals surface area contributed by atoms with Gasteiger partial charge in [-0.2, -0.15) is 0 Å². The quantitative estimate of drug-likeness (QED) is 0.371. The van der Waals surface area contributed by atoms with Gasteiger partial charge in [0.25, 0.3) is 5.91 Å². The van der Waals surface area contributed by atoms with E-state index >= 15 is 0 Å². The van der Waals surface area contributed by atoms with Gasteiger partial charge in [-0.1, -0.05) is 11.6 Å². The van der Waals surface area contributed by atoms with Gasteiger partial charge in [-0.3, -0.25) is 10.2 Å². The molecule has 6 heteroatoms. The van der Waals surface area contributed by atoms with Crippen molar-refractivity contribution in [2.45, 2.75) is 0 Å². The SMILES string of the molecule is NNC(=O)c1scnc1Cl. The van der Waals surface area contributed by atoms with Gasteiger partial charge in [0.2, 0.25) is 0 Å². The van der Waals surface area contributed by atoms with Crippen molar-refractivity contribution in [2.75, 3.05) is 0 Å². The molecule has 4 nitrogen and oxygen atoms in total. The van der Waals surface area contributed by atoms with Gasteiger partial charge >= 0.3 is 0 Å². The maximum Gasteiger partial charge on any atom is 0.278 e. The van der Waals surface area contributed by atoms with E-state index in [0.717, 1.165) is 11.3 Å². The molecule has 0 aliphatic heterocycles. The highest BCUT2D eigenvalue weighted by Gasteiger charge is 2.10. The lowest BCUT2D eigenvalue weighted by Gasteiger charge is -1.92. The van der Waals surface area contributed by atoms with E-state index in [0.29, 0.717) is 4.88 Å². The van der Waals surface area contributed by atoms with Crippen molar-refractivity contribution in [2.24, 2.45) is 5.84 Å². The molecule has 1 rings (SSSR count). The van der Waals surface area contributed by atoms with Crippen LogP contribution in [0.4, 0.5) is 0 Å². The zero-order chi connectivity index (χ0) is 7.56. The Bertz CT molecular complexity index is 248. The third-order valence-corrected chi connectivity index (χ3v) is 2.09. The van der Waals surface area contributed by atoms with E-state index in [1.165, 1.54) is 5.51 Å². The molecule has 3 N–H and O–H groups in total. The summed E-state index contributed by atoms with van der Waals surface area (Å²) < 4.78 is 0. The van der Waals surface area contributed by atoms with E-state index in [4.69, 9.17) is 17.4 Å². The third-order valence-electron chi connectivity index (χ3n) is 0.861. The Kier molecular flexibility index (Phi) is 2.21. The molecule has 0 saturated heterocycles. The van der Waals surface area contributed by atoms with Gasteiger partial charge in [0.1, 0.15) is 4.88 Å². The Morgan fingerprint density at radius 1 is 1.90 bits per heavy atom. The van der Waals surface area contributed by atoms with Crippen molar-refractivity contribution >= 4 is 28.8 Å². The molecule has 0 unspecified atom stereocenters. The first-order valence-electron chi connectivity index (χ1n) is 2.35. The van der Waals surface area contributed by atoms with Crippen molar-refractivity contribution in [3.8, 4) is 0 Å². The van der Waals surface area contributed by atoms with E-state index in [-0.39, 0.29) is 5.15 Å². The maximum absolute atomic E-state index is 10.7. The minimum Gasteiger partial charge on any atom is -0.289 e. The summed E-state index contributed by atoms with van der Waals surface area (Å²) in [4.78, 5) is 14.7. The number of rotatable bonds is 1. The fraction of sp³-hybridized carbons (Fsp3) is 0. The van der Waals surface area contributed by atoms with Crippen molar-refractivity contribution in [3.63, 3.8) is 0 Å². The minimum atomic E-state index is -0.410. The number of carbonyl (C=O) groups excluding carboxylic acids is 1. The number of thiazole rings is 1. The summed E-state index contributed by atoms with van der Waals surface area (Å²) in [5.74, 6) is 4.44. The number of nitrogen functional groups attached to an aromatic ring is 1. The molecular weight excluding hydrogens is 174 g/mol. The van der Waals surface area contributed by atoms with Crippen LogP contribution in [0.25, 0.3) is 0 Å². The Labute approximate surface area is 66.0 Å². The molecule has 0 fully saturated rings. The van der Waals surface area contributed by atoms with Gasteiger partial charge in [-0.15, -0.1) is 11.3 Å². The number of hydrazine groups is 1. The van der Waals surface area contributed by atoms with Crippen LogP contribution in [0.3, 0.4) is 0 Å². The third kappa shape index (κ3) is 1.26. The highest BCUT2D eigenvalue weighted by atomic mass is 35.5. The van der Waals surface area contributed by atoms with E-state index in [2.05, 4.69) is 4.98 Å². The van der Waals surface area contributed by atoms with E-state index in [1.54, 1.807) is 0 Å². The van der Waals surface area contributed by atoms with Crippen molar-refractivity contribution in [3.05, 3.63) is 15.5 Å². The predicted molar refractivity (Wildman–Crippen MR) is 38.8 cm³/mol. The van der Waals surface area contributed by atoms with Crippen LogP contribution in [0, 0.1) is 0 Å². The van der Waals surface area contributed by atoms with Gasteiger partial charge in [0.15, 0.2) is 5.15 Å². The second-order valence-corrected chi connectivity index (χ2v) is 2.66. The number of hydrogen-bond donors (Lipinski definition) is 2. The van der Waals surface area contributed by atoms with Crippen molar-refractivity contribution in [1.29, 1.82) is 0 Å². The molecule has 1 aromatic rings. The van der Waals surface area contributed by atoms with Gasteiger partial charge in [-0.05, 0) is 0 Å². The first-order valence-corrected chi connectivity index (χ1v) is 3.61. The Morgan fingerprint density at radius 3 is 3.00 bits per heavy atom. The molecule has 1 aromatic heterocycles. The zero-order valence-corrected chi connectivity index (χ0v) is 6.37. The fourth-order valence-electron chi connectivity index (χ4n) is 0.445. The average Bonchev–Trinajstić information content (AvgIpc) is 2.34. The van der Waals surface area contributed by atoms with Crippen LogP contribution in [0.15, 0.2) is 5.51 Å². The monoisotopic (exact) mass is 177 g/mol. The lowest BCUT2D eigenvalue weighted by atomic mass is 10.5. The summed E-state index contributed by atoms with van der Waals surface area (Å²) in [5, 5.41) is 0.188. The molecule has 0 aliphatic carbocycles. The summed E-state index contributed by atoms with van der Waals surface area (Å²) in [7, 11) is 0. The van der Waals surface area contributed by atoms with Crippen LogP contribution in [0.1, 0.15) is 9.67 Å². The molecule has 0 bridgehead atoms. The molecule has 0 aliphatic rings. The second kappa shape index (κ2) is 2.96. The van der Waals surface area contributed by atoms with E-state index < -0.39 is 5.91 Å². The number of amides is 1. The predicted octanol–water partition coefficient (Wildman–Crippen LogP) is 0.400. The van der Waals surface area contributed by atoms with Gasteiger partial charge in [0, 0.05) is 0 Å². The number of nitrogens with one attached hydrogen (secondary N) is 1. The smallest absolute Gasteiger partial charge is 0.278 e. The molecule has 0 aromatic carbocycles. The van der Waals surface area contributed by atoms with Crippen molar-refractivity contribution < 1.29 is 4.79 Å². The van der Waals surface area contributed by atoms with E-state index in [1.807, 2.05) is 5.43 Å². The number of halogens is 1. The molecule has 1 heterocycles. The number of hydrogen-bond acceptors (Lipinski definition) is 4. The summed E-state index contributed by atoms with van der Waals surface area (Å²) >= 11 is 6.64. The number of aromatic nitrogens is 1. The summed E-state index contributed by atoms with van der Waals surface area (Å²) in [5.41, 5.74) is 3.43. The summed E-state index contributed by atoms with van der Waals surface area (Å²) in [6, 6.07) is 0. The average molecular weight is 178 g/mol.